The zero-order valence-electron chi connectivity index (χ0n) is 21.4. The van der Waals surface area contributed by atoms with E-state index in [-0.39, 0.29) is 23.0 Å². The summed E-state index contributed by atoms with van der Waals surface area (Å²) in [6.07, 6.45) is 6.78. The summed E-state index contributed by atoms with van der Waals surface area (Å²) in [4.78, 5) is 30.1. The van der Waals surface area contributed by atoms with Crippen molar-refractivity contribution in [3.8, 4) is 11.5 Å². The minimum absolute atomic E-state index is 0.0155. The fourth-order valence-electron chi connectivity index (χ4n) is 3.80. The van der Waals surface area contributed by atoms with Crippen LogP contribution < -0.4 is 31.0 Å². The number of primary sulfonamides is 1. The number of ether oxygens (including phenoxy) is 2. The number of rotatable bonds is 9. The van der Waals surface area contributed by atoms with Crippen molar-refractivity contribution in [2.24, 2.45) is 15.9 Å². The number of hydrogen-bond acceptors (Lipinski definition) is 7. The molecular formula is C26H31N5O6S. The first-order chi connectivity index (χ1) is 18.0. The molecule has 0 radical (unpaired) electrons. The molecule has 1 atom stereocenters. The fraction of sp³-hybridized carbons (Fsp3) is 0.269. The smallest absolute Gasteiger partial charge is 0.253 e. The average molecular weight is 542 g/mol. The topological polar surface area (TPSA) is 175 Å². The Kier molecular flexibility index (Phi) is 9.26. The molecule has 11 nitrogen and oxygen atoms in total. The molecule has 12 heteroatoms. The number of carbonyl (C=O) groups excluding carboxylic acids is 2. The van der Waals surface area contributed by atoms with Crippen LogP contribution in [-0.2, 0) is 26.0 Å². The molecule has 0 aromatic heterocycles. The van der Waals surface area contributed by atoms with Gasteiger partial charge >= 0.3 is 0 Å². The molecule has 6 N–H and O–H groups in total. The maximum Gasteiger partial charge on any atom is 0.253 e. The lowest BCUT2D eigenvalue weighted by Gasteiger charge is -2.19. The van der Waals surface area contributed by atoms with Crippen molar-refractivity contribution >= 4 is 33.5 Å². The van der Waals surface area contributed by atoms with E-state index in [4.69, 9.17) is 20.3 Å². The van der Waals surface area contributed by atoms with Crippen LogP contribution >= 0.6 is 0 Å². The van der Waals surface area contributed by atoms with E-state index < -0.39 is 27.9 Å². The van der Waals surface area contributed by atoms with Gasteiger partial charge in [0.2, 0.25) is 15.9 Å². The van der Waals surface area contributed by atoms with Gasteiger partial charge in [0.05, 0.1) is 25.5 Å². The number of aliphatic imine (C=N–C) groups is 1. The van der Waals surface area contributed by atoms with Gasteiger partial charge in [-0.2, -0.15) is 0 Å². The summed E-state index contributed by atoms with van der Waals surface area (Å²) >= 11 is 0. The summed E-state index contributed by atoms with van der Waals surface area (Å²) in [5.74, 6) is -0.201. The molecule has 0 aliphatic heterocycles. The average Bonchev–Trinajstić information content (AvgIpc) is 2.88. The molecule has 0 spiro atoms. The molecule has 3 rings (SSSR count). The molecule has 38 heavy (non-hydrogen) atoms. The second-order valence-corrected chi connectivity index (χ2v) is 10.1. The number of allylic oxidation sites excluding steroid dienone is 3. The summed E-state index contributed by atoms with van der Waals surface area (Å²) in [5.41, 5.74) is 8.27. The van der Waals surface area contributed by atoms with E-state index in [1.54, 1.807) is 31.2 Å². The number of carbonyl (C=O) groups is 2. The second-order valence-electron chi connectivity index (χ2n) is 8.53. The van der Waals surface area contributed by atoms with Crippen LogP contribution in [0.2, 0.25) is 0 Å². The van der Waals surface area contributed by atoms with E-state index in [1.165, 1.54) is 26.4 Å². The van der Waals surface area contributed by atoms with Crippen LogP contribution in [0.15, 0.2) is 70.1 Å². The number of nitrogens with one attached hydrogen (secondary N) is 2. The zero-order chi connectivity index (χ0) is 27.9. The Morgan fingerprint density at radius 2 is 1.82 bits per heavy atom. The monoisotopic (exact) mass is 541 g/mol. The van der Waals surface area contributed by atoms with E-state index in [2.05, 4.69) is 15.6 Å². The highest BCUT2D eigenvalue weighted by Crippen LogP contribution is 2.28. The summed E-state index contributed by atoms with van der Waals surface area (Å²) in [6, 6.07) is 8.22. The van der Waals surface area contributed by atoms with Crippen molar-refractivity contribution in [2.45, 2.75) is 37.1 Å². The van der Waals surface area contributed by atoms with Crippen LogP contribution in [0.25, 0.3) is 0 Å². The summed E-state index contributed by atoms with van der Waals surface area (Å²) < 4.78 is 34.0. The van der Waals surface area contributed by atoms with Gasteiger partial charge in [-0.3, -0.25) is 14.9 Å². The van der Waals surface area contributed by atoms with Gasteiger partial charge in [-0.1, -0.05) is 30.4 Å². The third-order valence-corrected chi connectivity index (χ3v) is 6.69. The SMILES string of the molecule is COc1ccc(CC(=O)NC(N)=N[C@@H](C(=O)Nc2cc(S(N)(=O)=O)ccc2C)C2=CCC=CC2)cc1OC. The molecule has 1 aliphatic carbocycles. The Labute approximate surface area is 221 Å². The Bertz CT molecular complexity index is 1420. The first-order valence-corrected chi connectivity index (χ1v) is 13.2. The van der Waals surface area contributed by atoms with Crippen molar-refractivity contribution in [2.75, 3.05) is 19.5 Å². The van der Waals surface area contributed by atoms with Gasteiger partial charge in [0.25, 0.3) is 5.91 Å². The largest absolute Gasteiger partial charge is 0.493 e. The van der Waals surface area contributed by atoms with Crippen LogP contribution in [0.3, 0.4) is 0 Å². The third-order valence-electron chi connectivity index (χ3n) is 5.78. The third kappa shape index (κ3) is 7.43. The van der Waals surface area contributed by atoms with Crippen LogP contribution in [0.1, 0.15) is 24.0 Å². The van der Waals surface area contributed by atoms with E-state index in [1.807, 2.05) is 18.2 Å². The number of sulfonamides is 1. The highest BCUT2D eigenvalue weighted by molar-refractivity contribution is 7.89. The van der Waals surface area contributed by atoms with Crippen molar-refractivity contribution in [3.63, 3.8) is 0 Å². The maximum atomic E-state index is 13.3. The zero-order valence-corrected chi connectivity index (χ0v) is 22.2. The molecule has 2 aromatic carbocycles. The van der Waals surface area contributed by atoms with Gasteiger partial charge in [-0.15, -0.1) is 0 Å². The standard InChI is InChI=1S/C26H31N5O6S/c1-16-9-11-19(38(28,34)35)15-20(16)29-25(33)24(18-7-5-4-6-8-18)31-26(27)30-23(32)14-17-10-12-21(36-2)22(13-17)37-3/h4-5,8-13,15,24H,6-7,14H2,1-3H3,(H,29,33)(H2,28,34,35)(H3,27,30,31,32)/t24-/m1/s1. The fourth-order valence-corrected chi connectivity index (χ4v) is 4.34. The number of aryl methyl sites for hydroxylation is 1. The first-order valence-electron chi connectivity index (χ1n) is 11.6. The number of guanidine groups is 1. The van der Waals surface area contributed by atoms with E-state index in [0.717, 1.165) is 0 Å². The van der Waals surface area contributed by atoms with Crippen molar-refractivity contribution in [1.82, 2.24) is 5.32 Å². The molecule has 0 fully saturated rings. The Morgan fingerprint density at radius 1 is 1.08 bits per heavy atom. The number of hydrogen-bond donors (Lipinski definition) is 4. The Balaban J connectivity index is 1.80. The number of nitrogens with two attached hydrogens (primary N) is 2. The molecule has 0 saturated heterocycles. The maximum absolute atomic E-state index is 13.3. The van der Waals surface area contributed by atoms with Gasteiger partial charge in [-0.05, 0) is 60.7 Å². The molecule has 1 aliphatic rings. The summed E-state index contributed by atoms with van der Waals surface area (Å²) in [5, 5.41) is 10.5. The predicted octanol–water partition coefficient (Wildman–Crippen LogP) is 1.92. The van der Waals surface area contributed by atoms with Crippen LogP contribution in [0.4, 0.5) is 5.69 Å². The number of benzene rings is 2. The number of amides is 2. The molecule has 0 saturated carbocycles. The molecule has 0 unspecified atom stereocenters. The van der Waals surface area contributed by atoms with Gasteiger partial charge in [0.15, 0.2) is 23.5 Å². The lowest BCUT2D eigenvalue weighted by atomic mass is 9.98. The lowest BCUT2D eigenvalue weighted by Crippen LogP contribution is -2.40. The van der Waals surface area contributed by atoms with Crippen molar-refractivity contribution in [1.29, 1.82) is 0 Å². The van der Waals surface area contributed by atoms with Gasteiger partial charge in [0.1, 0.15) is 0 Å². The molecule has 2 aromatic rings. The number of methoxy groups -OCH3 is 2. The van der Waals surface area contributed by atoms with E-state index in [0.29, 0.717) is 41.0 Å². The van der Waals surface area contributed by atoms with Crippen LogP contribution in [0.5, 0.6) is 11.5 Å². The van der Waals surface area contributed by atoms with Gasteiger partial charge < -0.3 is 20.5 Å². The molecule has 2 amide bonds. The minimum Gasteiger partial charge on any atom is -0.493 e. The minimum atomic E-state index is -3.97. The predicted molar refractivity (Wildman–Crippen MR) is 144 cm³/mol. The molecule has 0 heterocycles. The number of anilines is 1. The van der Waals surface area contributed by atoms with E-state index in [9.17, 15) is 18.0 Å². The highest BCUT2D eigenvalue weighted by Gasteiger charge is 2.24. The van der Waals surface area contributed by atoms with Crippen LogP contribution in [-0.4, -0.2) is 46.5 Å². The van der Waals surface area contributed by atoms with Gasteiger partial charge in [-0.25, -0.2) is 18.5 Å². The van der Waals surface area contributed by atoms with E-state index >= 15 is 0 Å². The molecule has 0 bridgehead atoms. The number of nitrogens with zero attached hydrogens (tertiary/aromatic N) is 1. The first kappa shape index (κ1) is 28.4. The van der Waals surface area contributed by atoms with Gasteiger partial charge in [0, 0.05) is 5.69 Å². The molecule has 202 valence electrons. The highest BCUT2D eigenvalue weighted by atomic mass is 32.2. The van der Waals surface area contributed by atoms with Crippen molar-refractivity contribution in [3.05, 3.63) is 71.3 Å². The Hall–Kier alpha value is -4.16. The Morgan fingerprint density at radius 3 is 2.45 bits per heavy atom. The summed E-state index contributed by atoms with van der Waals surface area (Å²) in [7, 11) is -0.950. The van der Waals surface area contributed by atoms with Crippen LogP contribution in [0, 0.1) is 6.92 Å². The second kappa shape index (κ2) is 12.4. The molecular weight excluding hydrogens is 510 g/mol. The quantitative estimate of drug-likeness (QED) is 0.213. The van der Waals surface area contributed by atoms with Crippen molar-refractivity contribution < 1.29 is 27.5 Å². The normalized spacial score (nSPS) is 14.3. The summed E-state index contributed by atoms with van der Waals surface area (Å²) in [6.45, 7) is 1.71. The lowest BCUT2D eigenvalue weighted by molar-refractivity contribution is -0.119.